The van der Waals surface area contributed by atoms with Gasteiger partial charge in [0.2, 0.25) is 5.78 Å². The Morgan fingerprint density at radius 1 is 1.15 bits per heavy atom. The normalized spacial score (nSPS) is 11.6. The highest BCUT2D eigenvalue weighted by molar-refractivity contribution is 7.90. The Labute approximate surface area is 123 Å². The number of sulfone groups is 1. The number of aromatic nitrogens is 2. The van der Waals surface area contributed by atoms with Crippen LogP contribution in [0.15, 0.2) is 28.0 Å². The molecule has 0 radical (unpaired) electrons. The van der Waals surface area contributed by atoms with E-state index >= 15 is 0 Å². The summed E-state index contributed by atoms with van der Waals surface area (Å²) in [6, 6.07) is 2.40. The van der Waals surface area contributed by atoms with Crippen LogP contribution in [0, 0.1) is 0 Å². The lowest BCUT2D eigenvalue weighted by molar-refractivity contribution is 0.103. The fourth-order valence-electron chi connectivity index (χ4n) is 1.61. The summed E-state index contributed by atoms with van der Waals surface area (Å²) in [4.78, 5) is 23.3. The summed E-state index contributed by atoms with van der Waals surface area (Å²) in [7, 11) is -3.56. The molecule has 2 aromatic rings. The Morgan fingerprint density at radius 3 is 2.30 bits per heavy atom. The van der Waals surface area contributed by atoms with Crippen LogP contribution in [0.5, 0.6) is 0 Å². The van der Waals surface area contributed by atoms with Crippen LogP contribution in [-0.4, -0.2) is 30.7 Å². The number of carbonyl (C=O) groups is 1. The Kier molecular flexibility index (Phi) is 3.77. The smallest absolute Gasteiger partial charge is 0.275 e. The molecule has 1 aromatic heterocycles. The van der Waals surface area contributed by atoms with Crippen molar-refractivity contribution < 1.29 is 13.2 Å². The van der Waals surface area contributed by atoms with Gasteiger partial charge < -0.3 is 5.10 Å². The summed E-state index contributed by atoms with van der Waals surface area (Å²) in [5.41, 5.74) is -0.793. The van der Waals surface area contributed by atoms with E-state index in [2.05, 4.69) is 10.2 Å². The van der Waals surface area contributed by atoms with Crippen LogP contribution in [0.3, 0.4) is 0 Å². The van der Waals surface area contributed by atoms with E-state index in [4.69, 9.17) is 23.2 Å². The highest BCUT2D eigenvalue weighted by Crippen LogP contribution is 2.33. The van der Waals surface area contributed by atoms with Crippen molar-refractivity contribution in [2.75, 3.05) is 6.26 Å². The van der Waals surface area contributed by atoms with E-state index in [0.29, 0.717) is 0 Å². The van der Waals surface area contributed by atoms with Crippen molar-refractivity contribution in [2.24, 2.45) is 0 Å². The molecule has 2 N–H and O–H groups in total. The van der Waals surface area contributed by atoms with Crippen molar-refractivity contribution in [3.63, 3.8) is 0 Å². The second-order valence-electron chi connectivity index (χ2n) is 4.00. The van der Waals surface area contributed by atoms with Crippen molar-refractivity contribution in [1.29, 1.82) is 0 Å². The number of rotatable bonds is 3. The van der Waals surface area contributed by atoms with Crippen LogP contribution in [0.1, 0.15) is 15.9 Å². The Balaban J connectivity index is 2.62. The summed E-state index contributed by atoms with van der Waals surface area (Å²) in [6.45, 7) is 0. The standard InChI is InChI=1S/C11H8Cl2N2O4S/c1-20(18,19)7-3-2-5(8(12)9(7)13)10(16)6-4-14-15-11(6)17/h2-4H,1H3,(H2,14,15,17). The van der Waals surface area contributed by atoms with E-state index in [1.165, 1.54) is 18.3 Å². The average molecular weight is 335 g/mol. The van der Waals surface area contributed by atoms with Gasteiger partial charge in [0.05, 0.1) is 14.9 Å². The summed E-state index contributed by atoms with van der Waals surface area (Å²) < 4.78 is 23.0. The van der Waals surface area contributed by atoms with Crippen LogP contribution in [-0.2, 0) is 9.84 Å². The largest absolute Gasteiger partial charge is 0.305 e. The fraction of sp³-hybridized carbons (Fsp3) is 0.0909. The first-order valence-corrected chi connectivity index (χ1v) is 7.87. The molecule has 0 unspecified atom stereocenters. The molecule has 0 atom stereocenters. The number of aromatic amines is 2. The van der Waals surface area contributed by atoms with Gasteiger partial charge in [0.15, 0.2) is 9.84 Å². The third kappa shape index (κ3) is 2.52. The minimum Gasteiger partial charge on any atom is -0.305 e. The molecule has 1 heterocycles. The number of hydrogen-bond acceptors (Lipinski definition) is 4. The van der Waals surface area contributed by atoms with Crippen molar-refractivity contribution >= 4 is 38.8 Å². The summed E-state index contributed by atoms with van der Waals surface area (Å²) in [6.07, 6.45) is 2.17. The molecule has 106 valence electrons. The van der Waals surface area contributed by atoms with Crippen molar-refractivity contribution in [3.05, 3.63) is 49.9 Å². The van der Waals surface area contributed by atoms with Crippen LogP contribution < -0.4 is 5.56 Å². The van der Waals surface area contributed by atoms with Crippen LogP contribution >= 0.6 is 23.2 Å². The number of carbonyl (C=O) groups excluding carboxylic acids is 1. The second kappa shape index (κ2) is 5.08. The molecule has 0 saturated carbocycles. The minimum absolute atomic E-state index is 0.0471. The highest BCUT2D eigenvalue weighted by atomic mass is 35.5. The van der Waals surface area contributed by atoms with Gasteiger partial charge in [-0.25, -0.2) is 8.42 Å². The molecule has 20 heavy (non-hydrogen) atoms. The van der Waals surface area contributed by atoms with Crippen LogP contribution in [0.25, 0.3) is 0 Å². The monoisotopic (exact) mass is 334 g/mol. The third-order valence-electron chi connectivity index (χ3n) is 2.58. The van der Waals surface area contributed by atoms with Crippen LogP contribution in [0.2, 0.25) is 10.0 Å². The van der Waals surface area contributed by atoms with E-state index in [0.717, 1.165) is 6.26 Å². The first-order valence-electron chi connectivity index (χ1n) is 5.22. The number of nitrogens with one attached hydrogen (secondary N) is 2. The van der Waals surface area contributed by atoms with Gasteiger partial charge in [0.25, 0.3) is 5.56 Å². The maximum atomic E-state index is 12.1. The fourth-order valence-corrected chi connectivity index (χ4v) is 3.25. The number of benzene rings is 1. The summed E-state index contributed by atoms with van der Waals surface area (Å²) in [5, 5.41) is 4.15. The third-order valence-corrected chi connectivity index (χ3v) is 4.72. The molecule has 0 saturated heterocycles. The lowest BCUT2D eigenvalue weighted by Gasteiger charge is -2.07. The van der Waals surface area contributed by atoms with E-state index in [1.54, 1.807) is 0 Å². The number of ketones is 1. The topological polar surface area (TPSA) is 99.9 Å². The molecule has 9 heteroatoms. The molecule has 0 aliphatic heterocycles. The van der Waals surface area contributed by atoms with Gasteiger partial charge in [-0.2, -0.15) is 0 Å². The molecule has 0 aliphatic rings. The second-order valence-corrected chi connectivity index (χ2v) is 6.74. The highest BCUT2D eigenvalue weighted by Gasteiger charge is 2.22. The molecular formula is C11H8Cl2N2O4S. The molecule has 1 aromatic carbocycles. The predicted octanol–water partition coefficient (Wildman–Crippen LogP) is 1.64. The zero-order valence-electron chi connectivity index (χ0n) is 10.0. The van der Waals surface area contributed by atoms with Crippen molar-refractivity contribution in [2.45, 2.75) is 4.90 Å². The molecule has 0 fully saturated rings. The zero-order chi connectivity index (χ0) is 15.1. The lowest BCUT2D eigenvalue weighted by atomic mass is 10.1. The van der Waals surface area contributed by atoms with Crippen molar-refractivity contribution in [1.82, 2.24) is 10.2 Å². The molecule has 0 amide bonds. The molecular weight excluding hydrogens is 327 g/mol. The zero-order valence-corrected chi connectivity index (χ0v) is 12.4. The summed E-state index contributed by atoms with van der Waals surface area (Å²) >= 11 is 11.8. The molecule has 0 bridgehead atoms. The SMILES string of the molecule is CS(=O)(=O)c1ccc(C(=O)c2c[nH][nH]c2=O)c(Cl)c1Cl. The van der Waals surface area contributed by atoms with Gasteiger partial charge in [-0.05, 0) is 12.1 Å². The minimum atomic E-state index is -3.56. The van der Waals surface area contributed by atoms with E-state index in [-0.39, 0.29) is 26.1 Å². The average Bonchev–Trinajstić information content (AvgIpc) is 2.76. The number of halogens is 2. The molecule has 6 nitrogen and oxygen atoms in total. The maximum Gasteiger partial charge on any atom is 0.275 e. The van der Waals surface area contributed by atoms with Gasteiger partial charge >= 0.3 is 0 Å². The Bertz CT molecular complexity index is 852. The van der Waals surface area contributed by atoms with Crippen molar-refractivity contribution in [3.8, 4) is 0 Å². The lowest BCUT2D eigenvalue weighted by Crippen LogP contribution is -2.14. The van der Waals surface area contributed by atoms with Gasteiger partial charge in [0, 0.05) is 18.0 Å². The Hall–Kier alpha value is -1.57. The van der Waals surface area contributed by atoms with Gasteiger partial charge in [0.1, 0.15) is 5.56 Å². The number of H-pyrrole nitrogens is 2. The number of hydrogen-bond donors (Lipinski definition) is 2. The molecule has 0 spiro atoms. The Morgan fingerprint density at radius 2 is 1.80 bits per heavy atom. The van der Waals surface area contributed by atoms with Gasteiger partial charge in [-0.3, -0.25) is 14.7 Å². The van der Waals surface area contributed by atoms with E-state index in [1.807, 2.05) is 0 Å². The first-order chi connectivity index (χ1) is 9.23. The van der Waals surface area contributed by atoms with Gasteiger partial charge in [-0.15, -0.1) is 0 Å². The quantitative estimate of drug-likeness (QED) is 0.833. The van der Waals surface area contributed by atoms with E-state index < -0.39 is 21.2 Å². The molecule has 0 aliphatic carbocycles. The predicted molar refractivity (Wildman–Crippen MR) is 74.4 cm³/mol. The summed E-state index contributed by atoms with van der Waals surface area (Å²) in [5.74, 6) is -0.653. The first kappa shape index (κ1) is 14.8. The molecule has 2 rings (SSSR count). The van der Waals surface area contributed by atoms with Crippen LogP contribution in [0.4, 0.5) is 0 Å². The van der Waals surface area contributed by atoms with E-state index in [9.17, 15) is 18.0 Å². The maximum absolute atomic E-state index is 12.1. The van der Waals surface area contributed by atoms with Gasteiger partial charge in [-0.1, -0.05) is 23.2 Å².